The third-order valence-corrected chi connectivity index (χ3v) is 2.19. The third-order valence-electron chi connectivity index (χ3n) is 2.19. The van der Waals surface area contributed by atoms with Gasteiger partial charge in [0.1, 0.15) is 0 Å². The standard InChI is InChI=1S/C11H13NO/c12-5-1-2-9-3-4-10-7-13-8-11(10)6-9/h1-4,6H,5,7-8,12H2/b2-1+. The van der Waals surface area contributed by atoms with E-state index in [2.05, 4.69) is 18.2 Å². The second kappa shape index (κ2) is 3.73. The molecule has 0 aromatic heterocycles. The number of benzene rings is 1. The summed E-state index contributed by atoms with van der Waals surface area (Å²) in [6.45, 7) is 2.10. The molecule has 0 unspecified atom stereocenters. The molecule has 0 saturated carbocycles. The van der Waals surface area contributed by atoms with E-state index in [-0.39, 0.29) is 0 Å². The first-order valence-corrected chi connectivity index (χ1v) is 4.46. The van der Waals surface area contributed by atoms with Crippen LogP contribution in [0.5, 0.6) is 0 Å². The van der Waals surface area contributed by atoms with E-state index in [0.29, 0.717) is 6.54 Å². The van der Waals surface area contributed by atoms with Crippen LogP contribution in [0.25, 0.3) is 6.08 Å². The number of nitrogens with two attached hydrogens (primary N) is 1. The molecule has 0 bridgehead atoms. The van der Waals surface area contributed by atoms with E-state index >= 15 is 0 Å². The Morgan fingerprint density at radius 1 is 1.31 bits per heavy atom. The molecular formula is C11H13NO. The summed E-state index contributed by atoms with van der Waals surface area (Å²) in [7, 11) is 0. The fraction of sp³-hybridized carbons (Fsp3) is 0.273. The molecule has 1 heterocycles. The van der Waals surface area contributed by atoms with Gasteiger partial charge in [-0.2, -0.15) is 0 Å². The van der Waals surface area contributed by atoms with Gasteiger partial charge >= 0.3 is 0 Å². The molecule has 2 heteroatoms. The van der Waals surface area contributed by atoms with Gasteiger partial charge in [0.05, 0.1) is 13.2 Å². The molecule has 0 radical (unpaired) electrons. The van der Waals surface area contributed by atoms with E-state index < -0.39 is 0 Å². The Morgan fingerprint density at radius 3 is 3.00 bits per heavy atom. The molecule has 0 amide bonds. The average molecular weight is 175 g/mol. The molecule has 2 N–H and O–H groups in total. The maximum atomic E-state index is 5.38. The molecular weight excluding hydrogens is 162 g/mol. The largest absolute Gasteiger partial charge is 0.372 e. The smallest absolute Gasteiger partial charge is 0.0725 e. The highest BCUT2D eigenvalue weighted by atomic mass is 16.5. The van der Waals surface area contributed by atoms with Crippen LogP contribution in [-0.2, 0) is 18.0 Å². The Balaban J connectivity index is 2.25. The molecule has 0 atom stereocenters. The summed E-state index contributed by atoms with van der Waals surface area (Å²) >= 11 is 0. The Hall–Kier alpha value is -1.12. The summed E-state index contributed by atoms with van der Waals surface area (Å²) < 4.78 is 5.33. The van der Waals surface area contributed by atoms with Gasteiger partial charge in [-0.05, 0) is 22.8 Å². The van der Waals surface area contributed by atoms with Crippen LogP contribution in [0.15, 0.2) is 24.3 Å². The van der Waals surface area contributed by atoms with Crippen LogP contribution in [-0.4, -0.2) is 6.54 Å². The van der Waals surface area contributed by atoms with Crippen molar-refractivity contribution in [3.05, 3.63) is 41.0 Å². The summed E-state index contributed by atoms with van der Waals surface area (Å²) in [5.74, 6) is 0. The Labute approximate surface area is 78.0 Å². The summed E-state index contributed by atoms with van der Waals surface area (Å²) in [5.41, 5.74) is 9.20. The van der Waals surface area contributed by atoms with Crippen LogP contribution in [0.4, 0.5) is 0 Å². The average Bonchev–Trinajstić information content (AvgIpc) is 2.61. The maximum Gasteiger partial charge on any atom is 0.0725 e. The molecule has 68 valence electrons. The predicted molar refractivity (Wildman–Crippen MR) is 53.0 cm³/mol. The quantitative estimate of drug-likeness (QED) is 0.742. The molecule has 0 spiro atoms. The summed E-state index contributed by atoms with van der Waals surface area (Å²) in [6.07, 6.45) is 4.00. The molecule has 1 aliphatic rings. The van der Waals surface area contributed by atoms with Gasteiger partial charge in [-0.1, -0.05) is 24.3 Å². The molecule has 1 aromatic carbocycles. The van der Waals surface area contributed by atoms with Gasteiger partial charge in [-0.25, -0.2) is 0 Å². The minimum Gasteiger partial charge on any atom is -0.372 e. The first-order chi connectivity index (χ1) is 6.40. The number of fused-ring (bicyclic) bond motifs is 1. The minimum atomic E-state index is 0.591. The molecule has 13 heavy (non-hydrogen) atoms. The Bertz CT molecular complexity index is 331. The molecule has 0 aliphatic carbocycles. The molecule has 0 fully saturated rings. The number of hydrogen-bond acceptors (Lipinski definition) is 2. The lowest BCUT2D eigenvalue weighted by molar-refractivity contribution is 0.134. The molecule has 2 rings (SSSR count). The van der Waals surface area contributed by atoms with Gasteiger partial charge in [0, 0.05) is 6.54 Å². The van der Waals surface area contributed by atoms with Crippen LogP contribution in [0.1, 0.15) is 16.7 Å². The lowest BCUT2D eigenvalue weighted by Gasteiger charge is -1.98. The zero-order valence-corrected chi connectivity index (χ0v) is 7.49. The van der Waals surface area contributed by atoms with Gasteiger partial charge < -0.3 is 10.5 Å². The van der Waals surface area contributed by atoms with E-state index in [1.807, 2.05) is 12.2 Å². The van der Waals surface area contributed by atoms with Crippen LogP contribution >= 0.6 is 0 Å². The van der Waals surface area contributed by atoms with Crippen molar-refractivity contribution in [2.75, 3.05) is 6.54 Å². The van der Waals surface area contributed by atoms with E-state index in [1.54, 1.807) is 0 Å². The highest BCUT2D eigenvalue weighted by Crippen LogP contribution is 2.21. The zero-order valence-electron chi connectivity index (χ0n) is 7.49. The second-order valence-electron chi connectivity index (χ2n) is 3.16. The van der Waals surface area contributed by atoms with Gasteiger partial charge in [0.25, 0.3) is 0 Å². The fourth-order valence-electron chi connectivity index (χ4n) is 1.50. The maximum absolute atomic E-state index is 5.38. The minimum absolute atomic E-state index is 0.591. The first-order valence-electron chi connectivity index (χ1n) is 4.46. The lowest BCUT2D eigenvalue weighted by Crippen LogP contribution is -1.92. The van der Waals surface area contributed by atoms with Crippen molar-refractivity contribution in [3.8, 4) is 0 Å². The molecule has 1 aliphatic heterocycles. The van der Waals surface area contributed by atoms with Crippen molar-refractivity contribution in [1.29, 1.82) is 0 Å². The van der Waals surface area contributed by atoms with Crippen molar-refractivity contribution >= 4 is 6.08 Å². The summed E-state index contributed by atoms with van der Waals surface area (Å²) in [5, 5.41) is 0. The van der Waals surface area contributed by atoms with Crippen molar-refractivity contribution in [2.45, 2.75) is 13.2 Å². The Kier molecular flexibility index (Phi) is 2.43. The van der Waals surface area contributed by atoms with E-state index in [1.165, 1.54) is 16.7 Å². The molecule has 1 aromatic rings. The lowest BCUT2D eigenvalue weighted by atomic mass is 10.1. The Morgan fingerprint density at radius 2 is 2.15 bits per heavy atom. The number of hydrogen-bond donors (Lipinski definition) is 1. The second-order valence-corrected chi connectivity index (χ2v) is 3.16. The topological polar surface area (TPSA) is 35.2 Å². The van der Waals surface area contributed by atoms with Crippen molar-refractivity contribution in [1.82, 2.24) is 0 Å². The van der Waals surface area contributed by atoms with E-state index in [0.717, 1.165) is 13.2 Å². The summed E-state index contributed by atoms with van der Waals surface area (Å²) in [4.78, 5) is 0. The fourth-order valence-corrected chi connectivity index (χ4v) is 1.50. The summed E-state index contributed by atoms with van der Waals surface area (Å²) in [6, 6.07) is 6.38. The van der Waals surface area contributed by atoms with Crippen molar-refractivity contribution in [2.24, 2.45) is 5.73 Å². The number of rotatable bonds is 2. The van der Waals surface area contributed by atoms with Crippen LogP contribution < -0.4 is 5.73 Å². The van der Waals surface area contributed by atoms with E-state index in [4.69, 9.17) is 10.5 Å². The van der Waals surface area contributed by atoms with Gasteiger partial charge in [-0.3, -0.25) is 0 Å². The number of ether oxygens (including phenoxy) is 1. The van der Waals surface area contributed by atoms with Crippen LogP contribution in [0.2, 0.25) is 0 Å². The van der Waals surface area contributed by atoms with Crippen LogP contribution in [0.3, 0.4) is 0 Å². The predicted octanol–water partition coefficient (Wildman–Crippen LogP) is 1.69. The highest BCUT2D eigenvalue weighted by Gasteiger charge is 2.09. The van der Waals surface area contributed by atoms with Crippen molar-refractivity contribution < 1.29 is 4.74 Å². The zero-order chi connectivity index (χ0) is 9.10. The monoisotopic (exact) mass is 175 g/mol. The van der Waals surface area contributed by atoms with E-state index in [9.17, 15) is 0 Å². The normalized spacial score (nSPS) is 15.2. The molecule has 0 saturated heterocycles. The van der Waals surface area contributed by atoms with Crippen molar-refractivity contribution in [3.63, 3.8) is 0 Å². The van der Waals surface area contributed by atoms with Gasteiger partial charge in [0.15, 0.2) is 0 Å². The first kappa shape index (κ1) is 8.48. The molecule has 2 nitrogen and oxygen atoms in total. The SMILES string of the molecule is NC/C=C/c1ccc2c(c1)COC2. The van der Waals surface area contributed by atoms with Gasteiger partial charge in [-0.15, -0.1) is 0 Å². The van der Waals surface area contributed by atoms with Crippen LogP contribution in [0, 0.1) is 0 Å². The highest BCUT2D eigenvalue weighted by molar-refractivity contribution is 5.52. The van der Waals surface area contributed by atoms with Gasteiger partial charge in [0.2, 0.25) is 0 Å². The third kappa shape index (κ3) is 1.79.